The molecule has 0 fully saturated rings. The Morgan fingerprint density at radius 1 is 1.16 bits per heavy atom. The monoisotopic (exact) mass is 263 g/mol. The summed E-state index contributed by atoms with van der Waals surface area (Å²) in [6.45, 7) is 10.7. The van der Waals surface area contributed by atoms with Crippen molar-refractivity contribution >= 4 is 0 Å². The highest BCUT2D eigenvalue weighted by atomic mass is 16.5. The summed E-state index contributed by atoms with van der Waals surface area (Å²) < 4.78 is 5.16. The minimum absolute atomic E-state index is 0.556. The van der Waals surface area contributed by atoms with Crippen molar-refractivity contribution in [2.45, 2.75) is 53.0 Å². The third-order valence-electron chi connectivity index (χ3n) is 3.68. The molecule has 0 radical (unpaired) electrons. The maximum absolute atomic E-state index is 5.16. The van der Waals surface area contributed by atoms with Gasteiger partial charge in [0.1, 0.15) is 0 Å². The van der Waals surface area contributed by atoms with Crippen LogP contribution in [0.3, 0.4) is 0 Å². The van der Waals surface area contributed by atoms with Gasteiger partial charge in [-0.1, -0.05) is 24.6 Å². The standard InChI is InChI=1S/C17H29NO/c1-6-18-16(8-7-9-19-5)12-17-14(3)10-13(2)11-15(17)4/h10-11,16,18H,6-9,12H2,1-5H3. The molecule has 0 spiro atoms. The van der Waals surface area contributed by atoms with Gasteiger partial charge in [0.05, 0.1) is 0 Å². The number of likely N-dealkylation sites (N-methyl/N-ethyl adjacent to an activating group) is 1. The average molecular weight is 263 g/mol. The van der Waals surface area contributed by atoms with E-state index in [1.165, 1.54) is 28.7 Å². The van der Waals surface area contributed by atoms with Crippen LogP contribution >= 0.6 is 0 Å². The van der Waals surface area contributed by atoms with E-state index in [1.54, 1.807) is 7.11 Å². The van der Waals surface area contributed by atoms with Gasteiger partial charge in [0, 0.05) is 19.8 Å². The summed E-state index contributed by atoms with van der Waals surface area (Å²) in [5.41, 5.74) is 5.71. The Balaban J connectivity index is 2.72. The van der Waals surface area contributed by atoms with Crippen LogP contribution in [0.15, 0.2) is 12.1 Å². The summed E-state index contributed by atoms with van der Waals surface area (Å²) in [6, 6.07) is 5.14. The molecule has 108 valence electrons. The molecule has 19 heavy (non-hydrogen) atoms. The fraction of sp³-hybridized carbons (Fsp3) is 0.647. The fourth-order valence-electron chi connectivity index (χ4n) is 2.82. The highest BCUT2D eigenvalue weighted by Crippen LogP contribution is 2.19. The molecule has 2 nitrogen and oxygen atoms in total. The Hall–Kier alpha value is -0.860. The van der Waals surface area contributed by atoms with Gasteiger partial charge < -0.3 is 10.1 Å². The van der Waals surface area contributed by atoms with Gasteiger partial charge in [0.2, 0.25) is 0 Å². The third-order valence-corrected chi connectivity index (χ3v) is 3.68. The molecule has 0 amide bonds. The normalized spacial score (nSPS) is 12.7. The molecule has 1 aromatic rings. The number of nitrogens with one attached hydrogen (secondary N) is 1. The van der Waals surface area contributed by atoms with E-state index in [4.69, 9.17) is 4.74 Å². The largest absolute Gasteiger partial charge is 0.385 e. The Morgan fingerprint density at radius 2 is 1.79 bits per heavy atom. The number of aryl methyl sites for hydroxylation is 3. The minimum Gasteiger partial charge on any atom is -0.385 e. The van der Waals surface area contributed by atoms with Gasteiger partial charge >= 0.3 is 0 Å². The zero-order valence-corrected chi connectivity index (χ0v) is 13.2. The van der Waals surface area contributed by atoms with E-state index < -0.39 is 0 Å². The summed E-state index contributed by atoms with van der Waals surface area (Å²) >= 11 is 0. The van der Waals surface area contributed by atoms with Crippen LogP contribution in [0.5, 0.6) is 0 Å². The molecule has 1 rings (SSSR count). The second-order valence-electron chi connectivity index (χ2n) is 5.47. The zero-order valence-electron chi connectivity index (χ0n) is 13.2. The minimum atomic E-state index is 0.556. The first kappa shape index (κ1) is 16.2. The number of methoxy groups -OCH3 is 1. The van der Waals surface area contributed by atoms with Crippen molar-refractivity contribution in [1.29, 1.82) is 0 Å². The van der Waals surface area contributed by atoms with Crippen molar-refractivity contribution in [3.63, 3.8) is 0 Å². The van der Waals surface area contributed by atoms with Gasteiger partial charge in [-0.05, 0) is 63.3 Å². The van der Waals surface area contributed by atoms with E-state index in [1.807, 2.05) is 0 Å². The van der Waals surface area contributed by atoms with Gasteiger partial charge in [-0.25, -0.2) is 0 Å². The first-order chi connectivity index (χ1) is 9.08. The number of ether oxygens (including phenoxy) is 1. The lowest BCUT2D eigenvalue weighted by Gasteiger charge is -2.21. The molecule has 1 atom stereocenters. The molecule has 1 N–H and O–H groups in total. The lowest BCUT2D eigenvalue weighted by molar-refractivity contribution is 0.188. The van der Waals surface area contributed by atoms with Crippen molar-refractivity contribution in [2.75, 3.05) is 20.3 Å². The van der Waals surface area contributed by atoms with E-state index in [-0.39, 0.29) is 0 Å². The van der Waals surface area contributed by atoms with Crippen LogP contribution in [0, 0.1) is 20.8 Å². The molecular weight excluding hydrogens is 234 g/mol. The summed E-state index contributed by atoms with van der Waals surface area (Å²) in [5, 5.41) is 3.60. The van der Waals surface area contributed by atoms with Crippen molar-refractivity contribution in [3.8, 4) is 0 Å². The zero-order chi connectivity index (χ0) is 14.3. The molecule has 1 unspecified atom stereocenters. The lowest BCUT2D eigenvalue weighted by atomic mass is 9.93. The lowest BCUT2D eigenvalue weighted by Crippen LogP contribution is -2.31. The number of hydrogen-bond acceptors (Lipinski definition) is 2. The van der Waals surface area contributed by atoms with E-state index in [2.05, 4.69) is 45.1 Å². The average Bonchev–Trinajstić information content (AvgIpc) is 2.33. The number of benzene rings is 1. The highest BCUT2D eigenvalue weighted by molar-refractivity contribution is 5.38. The van der Waals surface area contributed by atoms with E-state index >= 15 is 0 Å². The van der Waals surface area contributed by atoms with Crippen molar-refractivity contribution in [2.24, 2.45) is 0 Å². The van der Waals surface area contributed by atoms with Gasteiger partial charge in [-0.15, -0.1) is 0 Å². The SMILES string of the molecule is CCNC(CCCOC)Cc1c(C)cc(C)cc1C. The van der Waals surface area contributed by atoms with Crippen molar-refractivity contribution in [1.82, 2.24) is 5.32 Å². The Morgan fingerprint density at radius 3 is 2.32 bits per heavy atom. The molecule has 1 aromatic carbocycles. The van der Waals surface area contributed by atoms with Crippen LogP contribution in [0.25, 0.3) is 0 Å². The molecule has 0 aliphatic carbocycles. The van der Waals surface area contributed by atoms with E-state index in [9.17, 15) is 0 Å². The second-order valence-corrected chi connectivity index (χ2v) is 5.47. The predicted octanol–water partition coefficient (Wildman–Crippen LogP) is 3.56. The first-order valence-electron chi connectivity index (χ1n) is 7.37. The molecular formula is C17H29NO. The predicted molar refractivity (Wildman–Crippen MR) is 82.9 cm³/mol. The van der Waals surface area contributed by atoms with Gasteiger partial charge in [0.25, 0.3) is 0 Å². The van der Waals surface area contributed by atoms with Crippen LogP contribution in [0.1, 0.15) is 42.0 Å². The molecule has 0 bridgehead atoms. The smallest absolute Gasteiger partial charge is 0.0462 e. The summed E-state index contributed by atoms with van der Waals surface area (Å²) in [4.78, 5) is 0. The highest BCUT2D eigenvalue weighted by Gasteiger charge is 2.12. The first-order valence-corrected chi connectivity index (χ1v) is 7.37. The summed E-state index contributed by atoms with van der Waals surface area (Å²) in [6.07, 6.45) is 3.42. The third kappa shape index (κ3) is 5.33. The van der Waals surface area contributed by atoms with Gasteiger partial charge in [0.15, 0.2) is 0 Å². The fourth-order valence-corrected chi connectivity index (χ4v) is 2.82. The summed E-state index contributed by atoms with van der Waals surface area (Å²) in [7, 11) is 1.77. The van der Waals surface area contributed by atoms with Crippen LogP contribution < -0.4 is 5.32 Å². The van der Waals surface area contributed by atoms with Gasteiger partial charge in [-0.3, -0.25) is 0 Å². The molecule has 0 saturated carbocycles. The Labute approximate surface area is 118 Å². The van der Waals surface area contributed by atoms with E-state index in [0.29, 0.717) is 6.04 Å². The van der Waals surface area contributed by atoms with E-state index in [0.717, 1.165) is 26.0 Å². The number of rotatable bonds is 8. The maximum atomic E-state index is 5.16. The topological polar surface area (TPSA) is 21.3 Å². The molecule has 0 aliphatic rings. The molecule has 2 heteroatoms. The number of hydrogen-bond donors (Lipinski definition) is 1. The molecule has 0 heterocycles. The Bertz CT molecular complexity index is 364. The van der Waals surface area contributed by atoms with Gasteiger partial charge in [-0.2, -0.15) is 0 Å². The Kier molecular flexibility index (Phi) is 7.11. The molecule has 0 aromatic heterocycles. The van der Waals surface area contributed by atoms with Crippen LogP contribution in [0.4, 0.5) is 0 Å². The summed E-state index contributed by atoms with van der Waals surface area (Å²) in [5.74, 6) is 0. The van der Waals surface area contributed by atoms with Crippen molar-refractivity contribution < 1.29 is 4.74 Å². The van der Waals surface area contributed by atoms with Crippen LogP contribution in [-0.2, 0) is 11.2 Å². The molecule has 0 saturated heterocycles. The second kappa shape index (κ2) is 8.34. The van der Waals surface area contributed by atoms with Crippen LogP contribution in [-0.4, -0.2) is 26.3 Å². The molecule has 0 aliphatic heterocycles. The maximum Gasteiger partial charge on any atom is 0.0462 e. The van der Waals surface area contributed by atoms with Crippen LogP contribution in [0.2, 0.25) is 0 Å². The quantitative estimate of drug-likeness (QED) is 0.724. The van der Waals surface area contributed by atoms with Crippen molar-refractivity contribution in [3.05, 3.63) is 34.4 Å².